The average molecular weight is 372 g/mol. The van der Waals surface area contributed by atoms with Gasteiger partial charge >= 0.3 is 0 Å². The molecule has 142 valence electrons. The van der Waals surface area contributed by atoms with E-state index in [1.807, 2.05) is 24.3 Å². The van der Waals surface area contributed by atoms with Crippen LogP contribution in [0.3, 0.4) is 0 Å². The number of fused-ring (bicyclic) bond motifs is 1. The monoisotopic (exact) mass is 371 g/mol. The van der Waals surface area contributed by atoms with Crippen LogP contribution in [0.2, 0.25) is 0 Å². The van der Waals surface area contributed by atoms with Gasteiger partial charge < -0.3 is 19.3 Å². The number of hydrogen-bond acceptors (Lipinski definition) is 5. The quantitative estimate of drug-likeness (QED) is 0.833. The maximum Gasteiger partial charge on any atom is 0.161 e. The Hall–Kier alpha value is -1.01. The van der Waals surface area contributed by atoms with Crippen molar-refractivity contribution in [2.24, 2.45) is 0 Å². The first-order valence-corrected chi connectivity index (χ1v) is 9.03. The van der Waals surface area contributed by atoms with Gasteiger partial charge in [-0.2, -0.15) is 0 Å². The van der Waals surface area contributed by atoms with E-state index < -0.39 is 6.10 Å². The summed E-state index contributed by atoms with van der Waals surface area (Å²) in [5.74, 6) is 1.54. The normalized spacial score (nSPS) is 27.4. The summed E-state index contributed by atoms with van der Waals surface area (Å²) in [5, 5.41) is 10.3. The molecule has 5 nitrogen and oxygen atoms in total. The van der Waals surface area contributed by atoms with Gasteiger partial charge in [-0.3, -0.25) is 4.90 Å². The molecule has 3 rings (SSSR count). The third kappa shape index (κ3) is 5.48. The van der Waals surface area contributed by atoms with Crippen LogP contribution in [0, 0.1) is 0 Å². The lowest BCUT2D eigenvalue weighted by atomic mass is 9.97. The molecular formula is C19H30ClNO4. The number of aliphatic hydroxyl groups is 1. The standard InChI is InChI=1S/C19H29NO4.ClH/c1-14-6-5-7-15(2)20(14)10-16(21)11-22-12-17-13-23-18-8-3-4-9-19(18)24-17;/h3-4,8-9,14-17,21H,5-7,10-13H2,1-2H3;1H. The van der Waals surface area contributed by atoms with E-state index in [0.717, 1.165) is 11.5 Å². The van der Waals surface area contributed by atoms with Crippen LogP contribution in [-0.2, 0) is 4.74 Å². The first-order chi connectivity index (χ1) is 11.6. The Balaban J connectivity index is 0.00000225. The van der Waals surface area contributed by atoms with Crippen LogP contribution >= 0.6 is 12.4 Å². The fraction of sp³-hybridized carbons (Fsp3) is 0.684. The first-order valence-electron chi connectivity index (χ1n) is 9.03. The zero-order chi connectivity index (χ0) is 16.9. The molecule has 0 aromatic heterocycles. The molecule has 25 heavy (non-hydrogen) atoms. The third-order valence-corrected chi connectivity index (χ3v) is 4.98. The summed E-state index contributed by atoms with van der Waals surface area (Å²) in [6.45, 7) is 6.40. The van der Waals surface area contributed by atoms with E-state index in [1.165, 1.54) is 19.3 Å². The largest absolute Gasteiger partial charge is 0.486 e. The van der Waals surface area contributed by atoms with E-state index >= 15 is 0 Å². The van der Waals surface area contributed by atoms with E-state index in [2.05, 4.69) is 18.7 Å². The van der Waals surface area contributed by atoms with E-state index in [9.17, 15) is 5.11 Å². The van der Waals surface area contributed by atoms with Crippen molar-refractivity contribution in [3.63, 3.8) is 0 Å². The lowest BCUT2D eigenvalue weighted by Crippen LogP contribution is -2.48. The summed E-state index contributed by atoms with van der Waals surface area (Å²) >= 11 is 0. The Labute approximate surface area is 156 Å². The Morgan fingerprint density at radius 2 is 1.88 bits per heavy atom. The zero-order valence-electron chi connectivity index (χ0n) is 15.1. The molecule has 1 saturated heterocycles. The number of ether oxygens (including phenoxy) is 3. The maximum absolute atomic E-state index is 10.3. The Bertz CT molecular complexity index is 520. The van der Waals surface area contributed by atoms with Crippen molar-refractivity contribution in [3.05, 3.63) is 24.3 Å². The smallest absolute Gasteiger partial charge is 0.161 e. The number of halogens is 1. The highest BCUT2D eigenvalue weighted by Gasteiger charge is 2.27. The molecule has 2 aliphatic rings. The van der Waals surface area contributed by atoms with Gasteiger partial charge in [0.05, 0.1) is 19.3 Å². The highest BCUT2D eigenvalue weighted by Crippen LogP contribution is 2.30. The summed E-state index contributed by atoms with van der Waals surface area (Å²) in [6, 6.07) is 8.73. The molecule has 4 unspecified atom stereocenters. The Kier molecular flexibility index (Phi) is 7.81. The summed E-state index contributed by atoms with van der Waals surface area (Å²) in [5.41, 5.74) is 0. The minimum atomic E-state index is -0.468. The van der Waals surface area contributed by atoms with Gasteiger partial charge in [0, 0.05) is 18.6 Å². The molecule has 0 amide bonds. The van der Waals surface area contributed by atoms with E-state index in [1.54, 1.807) is 0 Å². The van der Waals surface area contributed by atoms with Gasteiger partial charge in [-0.1, -0.05) is 18.6 Å². The molecule has 1 aromatic rings. The molecular weight excluding hydrogens is 342 g/mol. The second kappa shape index (κ2) is 9.62. The minimum absolute atomic E-state index is 0. The molecule has 0 aliphatic carbocycles. The van der Waals surface area contributed by atoms with Crippen LogP contribution in [0.4, 0.5) is 0 Å². The van der Waals surface area contributed by atoms with Crippen LogP contribution in [0.15, 0.2) is 24.3 Å². The second-order valence-corrected chi connectivity index (χ2v) is 7.01. The molecule has 0 saturated carbocycles. The number of rotatable bonds is 6. The molecule has 1 fully saturated rings. The average Bonchev–Trinajstić information content (AvgIpc) is 2.58. The number of para-hydroxylation sites is 2. The molecule has 1 N–H and O–H groups in total. The van der Waals surface area contributed by atoms with E-state index in [0.29, 0.717) is 38.4 Å². The molecule has 0 spiro atoms. The van der Waals surface area contributed by atoms with Gasteiger partial charge in [-0.15, -0.1) is 12.4 Å². The topological polar surface area (TPSA) is 51.2 Å². The van der Waals surface area contributed by atoms with Gasteiger partial charge in [0.1, 0.15) is 6.61 Å². The van der Waals surface area contributed by atoms with Crippen molar-refractivity contribution >= 4 is 12.4 Å². The summed E-state index contributed by atoms with van der Waals surface area (Å²) in [4.78, 5) is 2.40. The molecule has 2 aliphatic heterocycles. The zero-order valence-corrected chi connectivity index (χ0v) is 15.9. The number of benzene rings is 1. The van der Waals surface area contributed by atoms with E-state index in [-0.39, 0.29) is 18.5 Å². The Morgan fingerprint density at radius 3 is 2.60 bits per heavy atom. The highest BCUT2D eigenvalue weighted by molar-refractivity contribution is 5.85. The van der Waals surface area contributed by atoms with Crippen molar-refractivity contribution in [2.75, 3.05) is 26.4 Å². The lowest BCUT2D eigenvalue weighted by molar-refractivity contribution is -0.0391. The predicted molar refractivity (Wildman–Crippen MR) is 99.9 cm³/mol. The fourth-order valence-corrected chi connectivity index (χ4v) is 3.61. The number of aliphatic hydroxyl groups excluding tert-OH is 1. The van der Waals surface area contributed by atoms with Gasteiger partial charge in [-0.05, 0) is 38.8 Å². The van der Waals surface area contributed by atoms with Crippen molar-refractivity contribution in [3.8, 4) is 11.5 Å². The summed E-state index contributed by atoms with van der Waals surface area (Å²) in [6.07, 6.45) is 3.12. The second-order valence-electron chi connectivity index (χ2n) is 7.01. The maximum atomic E-state index is 10.3. The number of hydrogen-bond donors (Lipinski definition) is 1. The molecule has 4 atom stereocenters. The number of likely N-dealkylation sites (tertiary alicyclic amines) is 1. The van der Waals surface area contributed by atoms with Gasteiger partial charge in [0.25, 0.3) is 0 Å². The van der Waals surface area contributed by atoms with Crippen molar-refractivity contribution in [1.29, 1.82) is 0 Å². The summed E-state index contributed by atoms with van der Waals surface area (Å²) < 4.78 is 17.2. The molecule has 6 heteroatoms. The number of nitrogens with zero attached hydrogens (tertiary/aromatic N) is 1. The molecule has 1 aromatic carbocycles. The minimum Gasteiger partial charge on any atom is -0.486 e. The van der Waals surface area contributed by atoms with Crippen LogP contribution < -0.4 is 9.47 Å². The summed E-state index contributed by atoms with van der Waals surface area (Å²) in [7, 11) is 0. The molecule has 0 radical (unpaired) electrons. The van der Waals surface area contributed by atoms with Crippen molar-refractivity contribution < 1.29 is 19.3 Å². The number of β-amino-alcohol motifs (C(OH)–C–C–N with tert-alkyl or cyclic N) is 1. The van der Waals surface area contributed by atoms with Gasteiger partial charge in [0.15, 0.2) is 17.6 Å². The number of piperidine rings is 1. The van der Waals surface area contributed by atoms with Gasteiger partial charge in [-0.25, -0.2) is 0 Å². The third-order valence-electron chi connectivity index (χ3n) is 4.98. The van der Waals surface area contributed by atoms with Crippen LogP contribution in [-0.4, -0.2) is 60.7 Å². The fourth-order valence-electron chi connectivity index (χ4n) is 3.61. The van der Waals surface area contributed by atoms with Crippen LogP contribution in [0.5, 0.6) is 11.5 Å². The molecule has 2 heterocycles. The van der Waals surface area contributed by atoms with Gasteiger partial charge in [0.2, 0.25) is 0 Å². The molecule has 0 bridgehead atoms. The highest BCUT2D eigenvalue weighted by atomic mass is 35.5. The lowest BCUT2D eigenvalue weighted by Gasteiger charge is -2.40. The SMILES string of the molecule is CC1CCCC(C)N1CC(O)COCC1COc2ccccc2O1.Cl. The van der Waals surface area contributed by atoms with Crippen molar-refractivity contribution in [2.45, 2.75) is 57.4 Å². The predicted octanol–water partition coefficient (Wildman–Crippen LogP) is 2.89. The first kappa shape index (κ1) is 20.3. The van der Waals surface area contributed by atoms with Crippen molar-refractivity contribution in [1.82, 2.24) is 4.90 Å². The van der Waals surface area contributed by atoms with Crippen LogP contribution in [0.1, 0.15) is 33.1 Å². The van der Waals surface area contributed by atoms with E-state index in [4.69, 9.17) is 14.2 Å². The Morgan fingerprint density at radius 1 is 1.20 bits per heavy atom. The van der Waals surface area contributed by atoms with Crippen LogP contribution in [0.25, 0.3) is 0 Å².